The van der Waals surface area contributed by atoms with Crippen LogP contribution in [0.3, 0.4) is 0 Å². The van der Waals surface area contributed by atoms with Crippen molar-refractivity contribution in [1.29, 1.82) is 0 Å². The molecule has 0 amide bonds. The minimum absolute atomic E-state index is 0.818. The largest absolute Gasteiger partial charge is 0.330 e. The molecule has 0 saturated heterocycles. The second-order valence-electron chi connectivity index (χ2n) is 3.15. The van der Waals surface area contributed by atoms with Crippen LogP contribution < -0.4 is 5.73 Å². The van der Waals surface area contributed by atoms with Crippen molar-refractivity contribution in [2.24, 2.45) is 5.73 Å². The Morgan fingerprint density at radius 2 is 1.73 bits per heavy atom. The van der Waals surface area contributed by atoms with Gasteiger partial charge < -0.3 is 10.6 Å². The molecule has 0 radical (unpaired) electrons. The number of nitrogens with two attached hydrogens (primary N) is 1. The van der Waals surface area contributed by atoms with Gasteiger partial charge in [-0.25, -0.2) is 0 Å². The molecule has 0 aromatic heterocycles. The molecule has 2 nitrogen and oxygen atoms in total. The average Bonchev–Trinajstić information content (AvgIpc) is 2.01. The molecule has 0 aliphatic heterocycles. The Kier molecular flexibility index (Phi) is 7.96. The maximum absolute atomic E-state index is 5.40. The first-order valence-corrected chi connectivity index (χ1v) is 4.70. The lowest BCUT2D eigenvalue weighted by atomic mass is 10.2. The summed E-state index contributed by atoms with van der Waals surface area (Å²) in [6.07, 6.45) is 5.12. The van der Waals surface area contributed by atoms with Gasteiger partial charge in [0.1, 0.15) is 0 Å². The van der Waals surface area contributed by atoms with Crippen molar-refractivity contribution < 1.29 is 0 Å². The first-order valence-electron chi connectivity index (χ1n) is 4.70. The molecule has 0 saturated carbocycles. The number of hydrogen-bond donors (Lipinski definition) is 1. The highest BCUT2D eigenvalue weighted by Gasteiger charge is 1.95. The number of nitrogens with zero attached hydrogens (tertiary/aromatic N) is 1. The molecule has 0 aromatic rings. The van der Waals surface area contributed by atoms with Gasteiger partial charge in [-0.3, -0.25) is 0 Å². The summed E-state index contributed by atoms with van der Waals surface area (Å²) in [6, 6.07) is 0. The second-order valence-corrected chi connectivity index (χ2v) is 3.15. The van der Waals surface area contributed by atoms with Crippen molar-refractivity contribution in [2.75, 3.05) is 26.7 Å². The minimum Gasteiger partial charge on any atom is -0.330 e. The number of unbranched alkanes of at least 4 members (excludes halogenated alkanes) is 2. The zero-order valence-electron chi connectivity index (χ0n) is 7.97. The normalized spacial score (nSPS) is 10.9. The van der Waals surface area contributed by atoms with E-state index in [1.807, 2.05) is 0 Å². The van der Waals surface area contributed by atoms with Gasteiger partial charge in [-0.1, -0.05) is 19.8 Å². The van der Waals surface area contributed by atoms with E-state index in [4.69, 9.17) is 5.73 Å². The molecular formula is C9H22N2. The van der Waals surface area contributed by atoms with Crippen molar-refractivity contribution in [3.63, 3.8) is 0 Å². The third-order valence-corrected chi connectivity index (χ3v) is 1.89. The van der Waals surface area contributed by atoms with E-state index in [9.17, 15) is 0 Å². The molecule has 11 heavy (non-hydrogen) atoms. The Labute approximate surface area is 70.8 Å². The highest BCUT2D eigenvalue weighted by atomic mass is 15.1. The van der Waals surface area contributed by atoms with Gasteiger partial charge in [0.05, 0.1) is 0 Å². The SMILES string of the molecule is CCCCCN(C)CCCN. The summed E-state index contributed by atoms with van der Waals surface area (Å²) < 4.78 is 0. The van der Waals surface area contributed by atoms with Gasteiger partial charge in [-0.05, 0) is 39.5 Å². The topological polar surface area (TPSA) is 29.3 Å². The maximum atomic E-state index is 5.40. The molecule has 0 spiro atoms. The van der Waals surface area contributed by atoms with E-state index in [1.165, 1.54) is 25.8 Å². The zero-order valence-corrected chi connectivity index (χ0v) is 7.97. The third kappa shape index (κ3) is 7.82. The first-order chi connectivity index (χ1) is 5.31. The second kappa shape index (κ2) is 8.02. The summed E-state index contributed by atoms with van der Waals surface area (Å²) >= 11 is 0. The van der Waals surface area contributed by atoms with E-state index >= 15 is 0 Å². The Morgan fingerprint density at radius 3 is 2.27 bits per heavy atom. The van der Waals surface area contributed by atoms with E-state index in [1.54, 1.807) is 0 Å². The summed E-state index contributed by atoms with van der Waals surface area (Å²) in [4.78, 5) is 2.36. The fraction of sp³-hybridized carbons (Fsp3) is 1.00. The molecule has 68 valence electrons. The van der Waals surface area contributed by atoms with E-state index in [0.29, 0.717) is 0 Å². The highest BCUT2D eigenvalue weighted by Crippen LogP contribution is 1.96. The number of hydrogen-bond acceptors (Lipinski definition) is 2. The van der Waals surface area contributed by atoms with Gasteiger partial charge in [-0.2, -0.15) is 0 Å². The summed E-state index contributed by atoms with van der Waals surface area (Å²) in [5.74, 6) is 0. The lowest BCUT2D eigenvalue weighted by Crippen LogP contribution is -2.22. The van der Waals surface area contributed by atoms with Crippen molar-refractivity contribution in [3.8, 4) is 0 Å². The summed E-state index contributed by atoms with van der Waals surface area (Å²) in [6.45, 7) is 5.44. The van der Waals surface area contributed by atoms with E-state index in [2.05, 4.69) is 18.9 Å². The quantitative estimate of drug-likeness (QED) is 0.568. The van der Waals surface area contributed by atoms with Gasteiger partial charge in [0.15, 0.2) is 0 Å². The molecule has 0 heterocycles. The fourth-order valence-electron chi connectivity index (χ4n) is 1.10. The molecule has 0 fully saturated rings. The number of rotatable bonds is 7. The average molecular weight is 158 g/mol. The first kappa shape index (κ1) is 10.9. The Bertz CT molecular complexity index is 74.0. The Morgan fingerprint density at radius 1 is 1.09 bits per heavy atom. The zero-order chi connectivity index (χ0) is 8.53. The summed E-state index contributed by atoms with van der Waals surface area (Å²) in [5, 5.41) is 0. The van der Waals surface area contributed by atoms with Gasteiger partial charge in [0.25, 0.3) is 0 Å². The van der Waals surface area contributed by atoms with Crippen LogP contribution in [-0.2, 0) is 0 Å². The Balaban J connectivity index is 3.02. The monoisotopic (exact) mass is 158 g/mol. The molecule has 0 aliphatic rings. The summed E-state index contributed by atoms with van der Waals surface area (Å²) in [5.41, 5.74) is 5.40. The molecule has 2 heteroatoms. The van der Waals surface area contributed by atoms with Gasteiger partial charge in [0.2, 0.25) is 0 Å². The highest BCUT2D eigenvalue weighted by molar-refractivity contribution is 4.51. The van der Waals surface area contributed by atoms with Crippen LogP contribution in [0.25, 0.3) is 0 Å². The van der Waals surface area contributed by atoms with Crippen LogP contribution in [0.1, 0.15) is 32.6 Å². The van der Waals surface area contributed by atoms with Crippen LogP contribution in [0, 0.1) is 0 Å². The molecular weight excluding hydrogens is 136 g/mol. The van der Waals surface area contributed by atoms with E-state index in [0.717, 1.165) is 19.5 Å². The predicted octanol–water partition coefficient (Wildman–Crippen LogP) is 1.46. The lowest BCUT2D eigenvalue weighted by molar-refractivity contribution is 0.323. The third-order valence-electron chi connectivity index (χ3n) is 1.89. The maximum Gasteiger partial charge on any atom is -0.000977 e. The molecule has 0 unspecified atom stereocenters. The molecule has 2 N–H and O–H groups in total. The Hall–Kier alpha value is -0.0800. The minimum atomic E-state index is 0.818. The van der Waals surface area contributed by atoms with Crippen LogP contribution in [0.15, 0.2) is 0 Å². The molecule has 0 aliphatic carbocycles. The van der Waals surface area contributed by atoms with Gasteiger partial charge in [-0.15, -0.1) is 0 Å². The van der Waals surface area contributed by atoms with Crippen LogP contribution in [0.4, 0.5) is 0 Å². The fourth-order valence-corrected chi connectivity index (χ4v) is 1.10. The predicted molar refractivity (Wildman–Crippen MR) is 50.7 cm³/mol. The van der Waals surface area contributed by atoms with Gasteiger partial charge in [0, 0.05) is 0 Å². The van der Waals surface area contributed by atoms with Crippen LogP contribution >= 0.6 is 0 Å². The molecule has 0 aromatic carbocycles. The summed E-state index contributed by atoms with van der Waals surface area (Å²) in [7, 11) is 2.17. The van der Waals surface area contributed by atoms with Crippen LogP contribution in [-0.4, -0.2) is 31.6 Å². The van der Waals surface area contributed by atoms with Crippen LogP contribution in [0.5, 0.6) is 0 Å². The van der Waals surface area contributed by atoms with Crippen molar-refractivity contribution in [3.05, 3.63) is 0 Å². The molecule has 0 bridgehead atoms. The molecule has 0 atom stereocenters. The lowest BCUT2D eigenvalue weighted by Gasteiger charge is -2.15. The smallest absolute Gasteiger partial charge is 0.000977 e. The van der Waals surface area contributed by atoms with Crippen molar-refractivity contribution in [2.45, 2.75) is 32.6 Å². The van der Waals surface area contributed by atoms with Crippen LogP contribution in [0.2, 0.25) is 0 Å². The van der Waals surface area contributed by atoms with E-state index < -0.39 is 0 Å². The van der Waals surface area contributed by atoms with Crippen molar-refractivity contribution >= 4 is 0 Å². The van der Waals surface area contributed by atoms with Crippen molar-refractivity contribution in [1.82, 2.24) is 4.90 Å². The van der Waals surface area contributed by atoms with E-state index in [-0.39, 0.29) is 0 Å². The standard InChI is InChI=1S/C9H22N2/c1-3-4-5-8-11(2)9-6-7-10/h3-10H2,1-2H3. The van der Waals surface area contributed by atoms with Gasteiger partial charge >= 0.3 is 0 Å². The molecule has 0 rings (SSSR count).